The monoisotopic (exact) mass is 348 g/mol. The van der Waals surface area contributed by atoms with Crippen molar-refractivity contribution in [3.63, 3.8) is 0 Å². The topological polar surface area (TPSA) is 25.4 Å². The molecule has 2 unspecified atom stereocenters. The molecule has 4 heteroatoms. The molecule has 0 N–H and O–H groups in total. The van der Waals surface area contributed by atoms with Crippen LogP contribution in [0.1, 0.15) is 25.7 Å². The fourth-order valence-electron chi connectivity index (χ4n) is 3.28. The molecule has 0 spiro atoms. The van der Waals surface area contributed by atoms with Crippen LogP contribution < -0.4 is 9.64 Å². The normalized spacial score (nSPS) is 22.2. The molecule has 1 aromatic carbocycles. The van der Waals surface area contributed by atoms with Gasteiger partial charge < -0.3 is 9.64 Å². The zero-order valence-corrected chi connectivity index (χ0v) is 14.1. The summed E-state index contributed by atoms with van der Waals surface area (Å²) in [6.45, 7) is 0. The highest BCUT2D eigenvalue weighted by molar-refractivity contribution is 9.09. The summed E-state index contributed by atoms with van der Waals surface area (Å²) in [5.74, 6) is 1.95. The van der Waals surface area contributed by atoms with E-state index in [4.69, 9.17) is 4.74 Å². The Hall–Kier alpha value is -1.29. The van der Waals surface area contributed by atoms with Gasteiger partial charge in [0.1, 0.15) is 11.6 Å². The third kappa shape index (κ3) is 2.73. The van der Waals surface area contributed by atoms with Crippen LogP contribution in [-0.2, 0) is 0 Å². The fraction of sp³-hybridized carbons (Fsp3) is 0.471. The standard InChI is InChI=1S/C17H21BrN2O/c1-20(15-8-4-3-7-14(15)18)17-13-6-5-9-16(21-2)12(13)10-11-19-17/h5-6,9-11,14-15H,3-4,7-8H2,1-2H3. The van der Waals surface area contributed by atoms with Crippen molar-refractivity contribution in [2.75, 3.05) is 19.1 Å². The Bertz CT molecular complexity index is 631. The van der Waals surface area contributed by atoms with Crippen LogP contribution in [0.25, 0.3) is 10.8 Å². The predicted octanol–water partition coefficient (Wildman–Crippen LogP) is 4.39. The zero-order chi connectivity index (χ0) is 14.8. The van der Waals surface area contributed by atoms with E-state index in [9.17, 15) is 0 Å². The Morgan fingerprint density at radius 2 is 2.00 bits per heavy atom. The molecule has 0 radical (unpaired) electrons. The molecule has 0 amide bonds. The van der Waals surface area contributed by atoms with Gasteiger partial charge in [-0.05, 0) is 25.0 Å². The van der Waals surface area contributed by atoms with Gasteiger partial charge in [0.05, 0.1) is 7.11 Å². The first kappa shape index (κ1) is 14.6. The van der Waals surface area contributed by atoms with E-state index < -0.39 is 0 Å². The van der Waals surface area contributed by atoms with Crippen molar-refractivity contribution in [1.82, 2.24) is 4.98 Å². The number of rotatable bonds is 3. The summed E-state index contributed by atoms with van der Waals surface area (Å²) in [6, 6.07) is 8.69. The average molecular weight is 349 g/mol. The van der Waals surface area contributed by atoms with Gasteiger partial charge in [0.15, 0.2) is 0 Å². The lowest BCUT2D eigenvalue weighted by molar-refractivity contribution is 0.419. The zero-order valence-electron chi connectivity index (χ0n) is 12.6. The molecule has 1 heterocycles. The molecule has 1 aromatic heterocycles. The van der Waals surface area contributed by atoms with Crippen molar-refractivity contribution in [2.45, 2.75) is 36.6 Å². The minimum absolute atomic E-state index is 0.503. The van der Waals surface area contributed by atoms with E-state index in [2.05, 4.69) is 38.9 Å². The molecule has 1 aliphatic rings. The maximum atomic E-state index is 5.47. The van der Waals surface area contributed by atoms with Gasteiger partial charge in [-0.1, -0.05) is 40.9 Å². The molecule has 1 aliphatic carbocycles. The van der Waals surface area contributed by atoms with Crippen molar-refractivity contribution in [3.05, 3.63) is 30.5 Å². The van der Waals surface area contributed by atoms with E-state index in [1.54, 1.807) is 7.11 Å². The number of ether oxygens (including phenoxy) is 1. The van der Waals surface area contributed by atoms with Crippen LogP contribution in [0.15, 0.2) is 30.5 Å². The van der Waals surface area contributed by atoms with Crippen LogP contribution in [0.5, 0.6) is 5.75 Å². The molecule has 1 fully saturated rings. The maximum absolute atomic E-state index is 5.47. The first-order chi connectivity index (χ1) is 10.2. The van der Waals surface area contributed by atoms with Crippen molar-refractivity contribution in [3.8, 4) is 5.75 Å². The van der Waals surface area contributed by atoms with Crippen molar-refractivity contribution in [1.29, 1.82) is 0 Å². The molecule has 2 aromatic rings. The van der Waals surface area contributed by atoms with Gasteiger partial charge >= 0.3 is 0 Å². The Morgan fingerprint density at radius 3 is 2.76 bits per heavy atom. The smallest absolute Gasteiger partial charge is 0.136 e. The number of alkyl halides is 1. The van der Waals surface area contributed by atoms with Gasteiger partial charge in [-0.2, -0.15) is 0 Å². The molecule has 1 saturated carbocycles. The Balaban J connectivity index is 2.03. The number of halogens is 1. The molecule has 0 saturated heterocycles. The van der Waals surface area contributed by atoms with Gasteiger partial charge in [0.2, 0.25) is 0 Å². The number of benzene rings is 1. The Morgan fingerprint density at radius 1 is 1.19 bits per heavy atom. The lowest BCUT2D eigenvalue weighted by Gasteiger charge is -2.36. The van der Waals surface area contributed by atoms with E-state index in [0.717, 1.165) is 22.3 Å². The summed E-state index contributed by atoms with van der Waals surface area (Å²) in [4.78, 5) is 7.52. The second kappa shape index (κ2) is 6.22. The number of nitrogens with zero attached hydrogens (tertiary/aromatic N) is 2. The second-order valence-corrected chi connectivity index (χ2v) is 6.84. The van der Waals surface area contributed by atoms with Crippen LogP contribution in [-0.4, -0.2) is 30.0 Å². The van der Waals surface area contributed by atoms with Crippen LogP contribution in [0.2, 0.25) is 0 Å². The van der Waals surface area contributed by atoms with Crippen LogP contribution in [0.4, 0.5) is 5.82 Å². The molecule has 3 rings (SSSR count). The molecule has 112 valence electrons. The minimum Gasteiger partial charge on any atom is -0.496 e. The maximum Gasteiger partial charge on any atom is 0.136 e. The third-order valence-electron chi connectivity index (χ3n) is 4.44. The lowest BCUT2D eigenvalue weighted by Crippen LogP contribution is -2.41. The van der Waals surface area contributed by atoms with E-state index in [1.807, 2.05) is 24.4 Å². The van der Waals surface area contributed by atoms with Crippen LogP contribution >= 0.6 is 15.9 Å². The summed E-state index contributed by atoms with van der Waals surface area (Å²) in [7, 11) is 3.87. The summed E-state index contributed by atoms with van der Waals surface area (Å²) >= 11 is 3.85. The molecule has 0 bridgehead atoms. The molecule has 21 heavy (non-hydrogen) atoms. The first-order valence-corrected chi connectivity index (χ1v) is 8.42. The van der Waals surface area contributed by atoms with E-state index in [-0.39, 0.29) is 0 Å². The summed E-state index contributed by atoms with van der Waals surface area (Å²) in [5.41, 5.74) is 0. The van der Waals surface area contributed by atoms with Crippen molar-refractivity contribution < 1.29 is 4.74 Å². The fourth-order valence-corrected chi connectivity index (χ4v) is 4.22. The van der Waals surface area contributed by atoms with Gasteiger partial charge in [0, 0.05) is 34.9 Å². The van der Waals surface area contributed by atoms with Gasteiger partial charge in [-0.15, -0.1) is 0 Å². The number of aromatic nitrogens is 1. The molecular formula is C17H21BrN2O. The Kier molecular flexibility index (Phi) is 4.34. The first-order valence-electron chi connectivity index (χ1n) is 7.51. The molecular weight excluding hydrogens is 328 g/mol. The highest BCUT2D eigenvalue weighted by Crippen LogP contribution is 2.35. The van der Waals surface area contributed by atoms with E-state index in [1.165, 1.54) is 25.7 Å². The molecule has 0 aliphatic heterocycles. The van der Waals surface area contributed by atoms with E-state index >= 15 is 0 Å². The quantitative estimate of drug-likeness (QED) is 0.769. The summed E-state index contributed by atoms with van der Waals surface area (Å²) in [5, 5.41) is 2.28. The number of hydrogen-bond acceptors (Lipinski definition) is 3. The number of methoxy groups -OCH3 is 1. The lowest BCUT2D eigenvalue weighted by atomic mass is 9.94. The van der Waals surface area contributed by atoms with Gasteiger partial charge in [-0.3, -0.25) is 0 Å². The Labute approximate surface area is 134 Å². The summed E-state index contributed by atoms with van der Waals surface area (Å²) in [6.07, 6.45) is 6.95. The third-order valence-corrected chi connectivity index (χ3v) is 5.51. The highest BCUT2D eigenvalue weighted by atomic mass is 79.9. The largest absolute Gasteiger partial charge is 0.496 e. The van der Waals surface area contributed by atoms with Crippen molar-refractivity contribution in [2.24, 2.45) is 0 Å². The van der Waals surface area contributed by atoms with Gasteiger partial charge in [-0.25, -0.2) is 4.98 Å². The van der Waals surface area contributed by atoms with E-state index in [0.29, 0.717) is 10.9 Å². The minimum atomic E-state index is 0.503. The van der Waals surface area contributed by atoms with Gasteiger partial charge in [0.25, 0.3) is 0 Å². The predicted molar refractivity (Wildman–Crippen MR) is 91.7 cm³/mol. The second-order valence-electron chi connectivity index (χ2n) is 5.67. The van der Waals surface area contributed by atoms with Crippen LogP contribution in [0, 0.1) is 0 Å². The number of hydrogen-bond donors (Lipinski definition) is 0. The van der Waals surface area contributed by atoms with Crippen molar-refractivity contribution >= 4 is 32.5 Å². The SMILES string of the molecule is COc1cccc2c(N(C)C3CCCCC3Br)nccc12. The number of anilines is 1. The number of fused-ring (bicyclic) bond motifs is 1. The van der Waals surface area contributed by atoms with Crippen LogP contribution in [0.3, 0.4) is 0 Å². The highest BCUT2D eigenvalue weighted by Gasteiger charge is 2.27. The summed E-state index contributed by atoms with van der Waals surface area (Å²) < 4.78 is 5.47. The molecule has 2 atom stereocenters. The average Bonchev–Trinajstić information content (AvgIpc) is 2.53. The number of pyridine rings is 1. The molecule has 3 nitrogen and oxygen atoms in total.